The summed E-state index contributed by atoms with van der Waals surface area (Å²) in [6.45, 7) is 0. The SMILES string of the molecule is O.[NH4+].[NH4+].[NH4+].[O-]P([O-])[O-]. The molecule has 7 nitrogen and oxygen atoms in total. The summed E-state index contributed by atoms with van der Waals surface area (Å²) in [4.78, 5) is 25.4. The molecule has 8 heteroatoms. The molecule has 0 atom stereocenters. The van der Waals surface area contributed by atoms with Crippen LogP contribution in [-0.2, 0) is 0 Å². The molecule has 8 heavy (non-hydrogen) atoms. The molecule has 0 aromatic rings. The Labute approximate surface area is 48.4 Å². The molecule has 0 heterocycles. The summed E-state index contributed by atoms with van der Waals surface area (Å²) in [6, 6.07) is 0. The molecule has 0 radical (unpaired) electrons. The molecule has 0 aromatic carbocycles. The maximum absolute atomic E-state index is 8.48. The summed E-state index contributed by atoms with van der Waals surface area (Å²) in [5, 5.41) is 0. The van der Waals surface area contributed by atoms with Gasteiger partial charge in [0.1, 0.15) is 0 Å². The van der Waals surface area contributed by atoms with Crippen molar-refractivity contribution in [2.24, 2.45) is 0 Å². The van der Waals surface area contributed by atoms with E-state index in [1.54, 1.807) is 0 Å². The average Bonchev–Trinajstić information content (AvgIpc) is 0.811. The van der Waals surface area contributed by atoms with Crippen LogP contribution in [0.1, 0.15) is 0 Å². The van der Waals surface area contributed by atoms with Crippen molar-refractivity contribution in [2.45, 2.75) is 0 Å². The second-order valence-corrected chi connectivity index (χ2v) is 0.671. The highest BCUT2D eigenvalue weighted by molar-refractivity contribution is 7.33. The third-order valence-electron chi connectivity index (χ3n) is 0. The molecule has 0 fully saturated rings. The second kappa shape index (κ2) is 27.3. The Bertz CT molecular complexity index is 16.0. The minimum atomic E-state index is -3.37. The van der Waals surface area contributed by atoms with E-state index in [4.69, 9.17) is 14.7 Å². The molecule has 0 saturated heterocycles. The molecule has 0 aromatic heterocycles. The van der Waals surface area contributed by atoms with E-state index in [-0.39, 0.29) is 23.9 Å². The Morgan fingerprint density at radius 1 is 0.750 bits per heavy atom. The predicted octanol–water partition coefficient (Wildman–Crippen LogP) is -2.40. The maximum atomic E-state index is 8.48. The molecule has 0 bridgehead atoms. The Kier molecular flexibility index (Phi) is 143. The van der Waals surface area contributed by atoms with Crippen LogP contribution in [0.3, 0.4) is 0 Å². The van der Waals surface area contributed by atoms with Gasteiger partial charge in [-0.3, -0.25) is 0 Å². The van der Waals surface area contributed by atoms with E-state index in [1.807, 2.05) is 0 Å². The predicted molar refractivity (Wildman–Crippen MR) is 28.5 cm³/mol. The van der Waals surface area contributed by atoms with Crippen LogP contribution in [0.4, 0.5) is 0 Å². The molecular weight excluding hydrogens is 137 g/mol. The van der Waals surface area contributed by atoms with Crippen LogP contribution in [0.15, 0.2) is 0 Å². The van der Waals surface area contributed by atoms with Crippen LogP contribution in [0, 0.1) is 0 Å². The Morgan fingerprint density at radius 2 is 0.750 bits per heavy atom. The van der Waals surface area contributed by atoms with Crippen LogP contribution in [-0.4, -0.2) is 5.48 Å². The zero-order valence-corrected chi connectivity index (χ0v) is 6.07. The third-order valence-corrected chi connectivity index (χ3v) is 0. The van der Waals surface area contributed by atoms with Crippen LogP contribution in [0.5, 0.6) is 0 Å². The summed E-state index contributed by atoms with van der Waals surface area (Å²) < 4.78 is 0. The molecule has 0 aliphatic rings. The quantitative estimate of drug-likeness (QED) is 0.323. The van der Waals surface area contributed by atoms with Gasteiger partial charge in [0.15, 0.2) is 0 Å². The molecule has 0 aliphatic carbocycles. The van der Waals surface area contributed by atoms with Crippen LogP contribution >= 0.6 is 8.60 Å². The highest BCUT2D eigenvalue weighted by atomic mass is 31.2. The molecule has 0 aliphatic heterocycles. The van der Waals surface area contributed by atoms with Crippen molar-refractivity contribution in [3.63, 3.8) is 0 Å². The lowest BCUT2D eigenvalue weighted by atomic mass is 14.0. The topological polar surface area (TPSA) is 210 Å². The highest BCUT2D eigenvalue weighted by Gasteiger charge is 1.10. The fourth-order valence-corrected chi connectivity index (χ4v) is 0. The first-order valence-corrected chi connectivity index (χ1v) is 1.64. The van der Waals surface area contributed by atoms with Gasteiger partial charge in [0.25, 0.3) is 0 Å². The van der Waals surface area contributed by atoms with Crippen molar-refractivity contribution in [2.75, 3.05) is 0 Å². The summed E-state index contributed by atoms with van der Waals surface area (Å²) >= 11 is 0. The van der Waals surface area contributed by atoms with Crippen molar-refractivity contribution in [3.8, 4) is 0 Å². The second-order valence-electron chi connectivity index (χ2n) is 0.224. The Morgan fingerprint density at radius 3 is 0.750 bits per heavy atom. The fourth-order valence-electron chi connectivity index (χ4n) is 0. The molecule has 0 saturated carbocycles. The number of rotatable bonds is 0. The highest BCUT2D eigenvalue weighted by Crippen LogP contribution is 1.85. The lowest BCUT2D eigenvalue weighted by molar-refractivity contribution is -0.407. The van der Waals surface area contributed by atoms with Gasteiger partial charge in [0, 0.05) is 0 Å². The van der Waals surface area contributed by atoms with Crippen molar-refractivity contribution in [1.29, 1.82) is 0 Å². The zero-order chi connectivity index (χ0) is 3.58. The minimum Gasteiger partial charge on any atom is -0.854 e. The first-order valence-electron chi connectivity index (χ1n) is 0.548. The third kappa shape index (κ3) is 7250. The monoisotopic (exact) mass is 151 g/mol. The van der Waals surface area contributed by atoms with Crippen LogP contribution in [0.2, 0.25) is 0 Å². The van der Waals surface area contributed by atoms with Crippen molar-refractivity contribution in [1.82, 2.24) is 18.5 Å². The zero-order valence-electron chi connectivity index (χ0n) is 5.17. The summed E-state index contributed by atoms with van der Waals surface area (Å²) in [7, 11) is -3.37. The minimum absolute atomic E-state index is 0. The normalized spacial score (nSPS) is 4.50. The van der Waals surface area contributed by atoms with Crippen LogP contribution < -0.4 is 33.1 Å². The van der Waals surface area contributed by atoms with E-state index in [0.717, 1.165) is 0 Å². The smallest absolute Gasteiger partial charge is 0.369 e. The van der Waals surface area contributed by atoms with Crippen molar-refractivity contribution >= 4 is 8.60 Å². The Balaban J connectivity index is -0.00000000750. The van der Waals surface area contributed by atoms with Gasteiger partial charge in [-0.1, -0.05) is 0 Å². The lowest BCUT2D eigenvalue weighted by Crippen LogP contribution is -2.18. The van der Waals surface area contributed by atoms with E-state index in [0.29, 0.717) is 0 Å². The summed E-state index contributed by atoms with van der Waals surface area (Å²) in [5.74, 6) is 0. The molecule has 0 rings (SSSR count). The fraction of sp³-hybridized carbons (Fsp3) is 0. The standard InChI is InChI=1S/3H3N.O3P.H2O/c;;;1-4(2)3;/h3*1H3;;1H2/q;;;-3;/p+3. The van der Waals surface area contributed by atoms with Crippen molar-refractivity contribution < 1.29 is 20.2 Å². The lowest BCUT2D eigenvalue weighted by Gasteiger charge is -2.39. The summed E-state index contributed by atoms with van der Waals surface area (Å²) in [5.41, 5.74) is 0. The van der Waals surface area contributed by atoms with E-state index in [1.165, 1.54) is 0 Å². The van der Waals surface area contributed by atoms with Gasteiger partial charge >= 0.3 is 0 Å². The van der Waals surface area contributed by atoms with E-state index in [9.17, 15) is 0 Å². The van der Waals surface area contributed by atoms with E-state index in [2.05, 4.69) is 0 Å². The van der Waals surface area contributed by atoms with E-state index >= 15 is 0 Å². The van der Waals surface area contributed by atoms with Gasteiger partial charge in [0.2, 0.25) is 0 Å². The number of hydrogen-bond acceptors (Lipinski definition) is 3. The molecule has 14 N–H and O–H groups in total. The molecule has 0 unspecified atom stereocenters. The average molecular weight is 151 g/mol. The largest absolute Gasteiger partial charge is 0.854 e. The van der Waals surface area contributed by atoms with Crippen molar-refractivity contribution in [3.05, 3.63) is 0 Å². The van der Waals surface area contributed by atoms with Gasteiger partial charge in [-0.25, -0.2) is 0 Å². The van der Waals surface area contributed by atoms with Gasteiger partial charge in [-0.2, -0.15) is 0 Å². The van der Waals surface area contributed by atoms with E-state index < -0.39 is 8.60 Å². The first kappa shape index (κ1) is 42.0. The van der Waals surface area contributed by atoms with Crippen LogP contribution in [0.25, 0.3) is 0 Å². The molecule has 0 spiro atoms. The first-order chi connectivity index (χ1) is 1.73. The molecule has 58 valence electrons. The Hall–Kier alpha value is 0.150. The number of quaternary nitrogens is 3. The molecular formula is H14N3O4P. The molecule has 0 amide bonds. The summed E-state index contributed by atoms with van der Waals surface area (Å²) in [6.07, 6.45) is 0. The maximum Gasteiger partial charge on any atom is -0.369 e. The van der Waals surface area contributed by atoms with Gasteiger partial charge < -0.3 is 47.2 Å². The van der Waals surface area contributed by atoms with Gasteiger partial charge in [-0.15, -0.1) is 0 Å². The number of hydrogen-bond donors (Lipinski definition) is 3. The van der Waals surface area contributed by atoms with Gasteiger partial charge in [0.05, 0.1) is 0 Å². The van der Waals surface area contributed by atoms with Gasteiger partial charge in [-0.05, 0) is 0 Å².